The number of rotatable bonds is 5. The van der Waals surface area contributed by atoms with Crippen molar-refractivity contribution in [1.29, 1.82) is 0 Å². The molecule has 2 aromatic carbocycles. The molecular weight excluding hydrogens is 422 g/mol. The highest BCUT2D eigenvalue weighted by Gasteiger charge is 2.70. The van der Waals surface area contributed by atoms with Crippen LogP contribution in [0.4, 0.5) is 5.69 Å². The van der Waals surface area contributed by atoms with Gasteiger partial charge in [-0.25, -0.2) is 0 Å². The Morgan fingerprint density at radius 1 is 1.00 bits per heavy atom. The highest BCUT2D eigenvalue weighted by Crippen LogP contribution is 2.54. The predicted molar refractivity (Wildman–Crippen MR) is 119 cm³/mol. The van der Waals surface area contributed by atoms with Crippen LogP contribution in [0.15, 0.2) is 54.6 Å². The van der Waals surface area contributed by atoms with E-state index in [1.165, 1.54) is 9.80 Å². The Hall–Kier alpha value is -3.52. The van der Waals surface area contributed by atoms with Crippen molar-refractivity contribution in [2.24, 2.45) is 11.8 Å². The van der Waals surface area contributed by atoms with Crippen molar-refractivity contribution in [3.63, 3.8) is 0 Å². The second kappa shape index (κ2) is 7.81. The number of hydrogen-bond donors (Lipinski definition) is 1. The van der Waals surface area contributed by atoms with E-state index in [1.807, 2.05) is 37.3 Å². The second-order valence-electron chi connectivity index (χ2n) is 8.71. The van der Waals surface area contributed by atoms with Gasteiger partial charge in [0, 0.05) is 17.3 Å². The lowest BCUT2D eigenvalue weighted by atomic mass is 9.76. The topological polar surface area (TPSA) is 96.0 Å². The average molecular weight is 447 g/mol. The molecule has 0 unspecified atom stereocenters. The number of hydrogen-bond acceptors (Lipinski definition) is 6. The van der Waals surface area contributed by atoms with E-state index in [9.17, 15) is 19.2 Å². The lowest BCUT2D eigenvalue weighted by Crippen LogP contribution is -2.55. The van der Waals surface area contributed by atoms with Crippen molar-refractivity contribution in [2.45, 2.75) is 32.0 Å². The highest BCUT2D eigenvalue weighted by atomic mass is 16.5. The first-order valence-corrected chi connectivity index (χ1v) is 11.1. The Kier molecular flexibility index (Phi) is 5.05. The number of carbonyl (C=O) groups is 4. The van der Waals surface area contributed by atoms with Crippen LogP contribution in [0.3, 0.4) is 0 Å². The SMILES string of the molecule is CCOC(=O)CN1C(=O)[C@]2(N[C@H](C)[C@@H]3C(=O)N(Cc4ccccc4)C(=O)[C@H]32)c2ccccc21. The summed E-state index contributed by atoms with van der Waals surface area (Å²) < 4.78 is 5.07. The first kappa shape index (κ1) is 21.3. The largest absolute Gasteiger partial charge is 0.465 e. The number of likely N-dealkylation sites (tertiary alicyclic amines) is 1. The van der Waals surface area contributed by atoms with Crippen LogP contribution in [-0.4, -0.2) is 47.8 Å². The Morgan fingerprint density at radius 2 is 1.70 bits per heavy atom. The number of fused-ring (bicyclic) bond motifs is 4. The van der Waals surface area contributed by atoms with Gasteiger partial charge in [-0.05, 0) is 25.5 Å². The van der Waals surface area contributed by atoms with Crippen LogP contribution in [-0.2, 0) is 36.0 Å². The van der Waals surface area contributed by atoms with Gasteiger partial charge in [0.1, 0.15) is 12.1 Å². The summed E-state index contributed by atoms with van der Waals surface area (Å²) in [4.78, 5) is 55.9. The lowest BCUT2D eigenvalue weighted by molar-refractivity contribution is -0.144. The van der Waals surface area contributed by atoms with Crippen LogP contribution in [0.2, 0.25) is 0 Å². The molecule has 3 aliphatic rings. The van der Waals surface area contributed by atoms with Crippen LogP contribution >= 0.6 is 0 Å². The smallest absolute Gasteiger partial charge is 0.326 e. The minimum atomic E-state index is -1.40. The number of nitrogens with one attached hydrogen (secondary N) is 1. The van der Waals surface area contributed by atoms with E-state index in [-0.39, 0.29) is 31.5 Å². The van der Waals surface area contributed by atoms with Gasteiger partial charge in [0.05, 0.1) is 25.0 Å². The molecule has 0 bridgehead atoms. The predicted octanol–water partition coefficient (Wildman–Crippen LogP) is 1.58. The molecule has 170 valence electrons. The third-order valence-electron chi connectivity index (χ3n) is 6.88. The number of anilines is 1. The summed E-state index contributed by atoms with van der Waals surface area (Å²) in [5.41, 5.74) is 0.612. The molecule has 0 aromatic heterocycles. The van der Waals surface area contributed by atoms with Gasteiger partial charge in [-0.2, -0.15) is 0 Å². The van der Waals surface area contributed by atoms with Crippen molar-refractivity contribution in [2.75, 3.05) is 18.1 Å². The fourth-order valence-corrected chi connectivity index (χ4v) is 5.58. The lowest BCUT2D eigenvalue weighted by Gasteiger charge is -2.30. The maximum Gasteiger partial charge on any atom is 0.326 e. The molecular formula is C25H25N3O5. The minimum Gasteiger partial charge on any atom is -0.465 e. The van der Waals surface area contributed by atoms with Gasteiger partial charge in [-0.15, -0.1) is 0 Å². The van der Waals surface area contributed by atoms with Crippen LogP contribution in [0, 0.1) is 11.8 Å². The fraction of sp³-hybridized carbons (Fsp3) is 0.360. The molecule has 8 heteroatoms. The van der Waals surface area contributed by atoms with Crippen molar-refractivity contribution < 1.29 is 23.9 Å². The van der Waals surface area contributed by atoms with E-state index in [1.54, 1.807) is 31.2 Å². The zero-order valence-corrected chi connectivity index (χ0v) is 18.5. The van der Waals surface area contributed by atoms with E-state index in [0.29, 0.717) is 11.3 Å². The molecule has 1 spiro atoms. The first-order valence-electron chi connectivity index (χ1n) is 11.1. The summed E-state index contributed by atoms with van der Waals surface area (Å²) in [5, 5.41) is 3.31. The summed E-state index contributed by atoms with van der Waals surface area (Å²) >= 11 is 0. The van der Waals surface area contributed by atoms with Gasteiger partial charge in [0.15, 0.2) is 0 Å². The zero-order chi connectivity index (χ0) is 23.3. The van der Waals surface area contributed by atoms with Crippen LogP contribution in [0.25, 0.3) is 0 Å². The maximum absolute atomic E-state index is 13.9. The Labute approximate surface area is 191 Å². The number of ether oxygens (including phenoxy) is 1. The average Bonchev–Trinajstić information content (AvgIpc) is 3.34. The molecule has 4 atom stereocenters. The van der Waals surface area contributed by atoms with Crippen LogP contribution < -0.4 is 10.2 Å². The van der Waals surface area contributed by atoms with E-state index in [0.717, 1.165) is 5.56 Å². The Balaban J connectivity index is 1.56. The molecule has 0 aliphatic carbocycles. The van der Waals surface area contributed by atoms with E-state index in [4.69, 9.17) is 4.74 Å². The van der Waals surface area contributed by atoms with Crippen molar-refractivity contribution in [3.8, 4) is 0 Å². The summed E-state index contributed by atoms with van der Waals surface area (Å²) in [6.45, 7) is 3.64. The second-order valence-corrected chi connectivity index (χ2v) is 8.71. The molecule has 3 heterocycles. The van der Waals surface area contributed by atoms with Crippen LogP contribution in [0.1, 0.15) is 25.0 Å². The molecule has 3 amide bonds. The van der Waals surface area contributed by atoms with Crippen molar-refractivity contribution in [1.82, 2.24) is 10.2 Å². The molecule has 2 aromatic rings. The number of benzene rings is 2. The molecule has 8 nitrogen and oxygen atoms in total. The standard InChI is InChI=1S/C25H25N3O5/c1-3-33-19(29)14-27-18-12-8-7-11-17(18)25(24(27)32)21-20(15(2)26-25)22(30)28(23(21)31)13-16-9-5-4-6-10-16/h4-12,15,20-21,26H,3,13-14H2,1-2H3/t15-,20+,21+,25+/m1/s1. The number of imide groups is 1. The quantitative estimate of drug-likeness (QED) is 0.552. The molecule has 5 rings (SSSR count). The molecule has 2 fully saturated rings. The Morgan fingerprint density at radius 3 is 2.42 bits per heavy atom. The summed E-state index contributed by atoms with van der Waals surface area (Å²) in [7, 11) is 0. The van der Waals surface area contributed by atoms with E-state index >= 15 is 0 Å². The minimum absolute atomic E-state index is 0.163. The van der Waals surface area contributed by atoms with Crippen molar-refractivity contribution in [3.05, 3.63) is 65.7 Å². The van der Waals surface area contributed by atoms with E-state index in [2.05, 4.69) is 5.32 Å². The Bertz CT molecular complexity index is 1150. The monoisotopic (exact) mass is 447 g/mol. The molecule has 0 saturated carbocycles. The van der Waals surface area contributed by atoms with Gasteiger partial charge in [-0.1, -0.05) is 48.5 Å². The van der Waals surface area contributed by atoms with E-state index < -0.39 is 35.3 Å². The molecule has 1 N–H and O–H groups in total. The molecule has 0 radical (unpaired) electrons. The summed E-state index contributed by atoms with van der Waals surface area (Å²) in [5.74, 6) is -3.13. The van der Waals surface area contributed by atoms with Crippen molar-refractivity contribution >= 4 is 29.4 Å². The number of esters is 1. The fourth-order valence-electron chi connectivity index (χ4n) is 5.58. The number of para-hydroxylation sites is 1. The molecule has 33 heavy (non-hydrogen) atoms. The van der Waals surface area contributed by atoms with Gasteiger partial charge in [0.2, 0.25) is 11.8 Å². The van der Waals surface area contributed by atoms with Gasteiger partial charge in [0.25, 0.3) is 5.91 Å². The first-order chi connectivity index (χ1) is 15.9. The van der Waals surface area contributed by atoms with Gasteiger partial charge in [-0.3, -0.25) is 34.3 Å². The third kappa shape index (κ3) is 3.01. The van der Waals surface area contributed by atoms with Gasteiger partial charge < -0.3 is 4.74 Å². The molecule has 2 saturated heterocycles. The van der Waals surface area contributed by atoms with Crippen LogP contribution in [0.5, 0.6) is 0 Å². The molecule has 3 aliphatic heterocycles. The highest BCUT2D eigenvalue weighted by molar-refractivity contribution is 6.16. The third-order valence-corrected chi connectivity index (χ3v) is 6.88. The number of amides is 3. The zero-order valence-electron chi connectivity index (χ0n) is 18.5. The normalized spacial score (nSPS) is 27.9. The van der Waals surface area contributed by atoms with Gasteiger partial charge >= 0.3 is 5.97 Å². The maximum atomic E-state index is 13.9. The number of nitrogens with zero attached hydrogens (tertiary/aromatic N) is 2. The summed E-state index contributed by atoms with van der Waals surface area (Å²) in [6, 6.07) is 16.0. The number of carbonyl (C=O) groups excluding carboxylic acids is 4. The summed E-state index contributed by atoms with van der Waals surface area (Å²) in [6.07, 6.45) is 0.